The van der Waals surface area contributed by atoms with Gasteiger partial charge in [0.1, 0.15) is 0 Å². The lowest BCUT2D eigenvalue weighted by molar-refractivity contribution is -0.143. The van der Waals surface area contributed by atoms with Crippen molar-refractivity contribution in [1.29, 1.82) is 0 Å². The normalized spacial score (nSPS) is 9.79. The van der Waals surface area contributed by atoms with E-state index in [0.717, 1.165) is 12.8 Å². The van der Waals surface area contributed by atoms with E-state index < -0.39 is 5.97 Å². The smallest absolute Gasteiger partial charge is 0.305 e. The molecule has 0 amide bonds. The van der Waals surface area contributed by atoms with Gasteiger partial charge in [-0.1, -0.05) is 13.3 Å². The van der Waals surface area contributed by atoms with Crippen LogP contribution in [0.2, 0.25) is 0 Å². The fraction of sp³-hybridized carbons (Fsp3) is 0.800. The van der Waals surface area contributed by atoms with E-state index in [1.807, 2.05) is 6.92 Å². The highest BCUT2D eigenvalue weighted by atomic mass is 16.5. The van der Waals surface area contributed by atoms with Gasteiger partial charge in [0.2, 0.25) is 0 Å². The molecule has 0 heterocycles. The zero-order valence-corrected chi connectivity index (χ0v) is 8.62. The van der Waals surface area contributed by atoms with Gasteiger partial charge in [-0.3, -0.25) is 9.59 Å². The number of ether oxygens (including phenoxy) is 1. The fourth-order valence-corrected chi connectivity index (χ4v) is 0.958. The van der Waals surface area contributed by atoms with Gasteiger partial charge in [-0.05, 0) is 19.3 Å². The van der Waals surface area contributed by atoms with Crippen molar-refractivity contribution < 1.29 is 19.4 Å². The van der Waals surface area contributed by atoms with Crippen LogP contribution < -0.4 is 0 Å². The van der Waals surface area contributed by atoms with E-state index in [9.17, 15) is 9.59 Å². The highest BCUT2D eigenvalue weighted by Crippen LogP contribution is 1.99. The summed E-state index contributed by atoms with van der Waals surface area (Å²) in [6.07, 6.45) is 3.64. The molecule has 4 nitrogen and oxygen atoms in total. The van der Waals surface area contributed by atoms with Crippen LogP contribution in [-0.4, -0.2) is 23.7 Å². The summed E-state index contributed by atoms with van der Waals surface area (Å²) in [5.74, 6) is -0.982. The lowest BCUT2D eigenvalue weighted by Crippen LogP contribution is -2.06. The molecule has 0 spiro atoms. The topological polar surface area (TPSA) is 63.6 Å². The van der Waals surface area contributed by atoms with Crippen molar-refractivity contribution in [2.24, 2.45) is 0 Å². The number of hydrogen-bond acceptors (Lipinski definition) is 3. The molecular weight excluding hydrogens is 184 g/mol. The average molecular weight is 202 g/mol. The van der Waals surface area contributed by atoms with Gasteiger partial charge < -0.3 is 9.84 Å². The van der Waals surface area contributed by atoms with Crippen molar-refractivity contribution >= 4 is 11.9 Å². The Morgan fingerprint density at radius 3 is 2.43 bits per heavy atom. The summed E-state index contributed by atoms with van der Waals surface area (Å²) >= 11 is 0. The van der Waals surface area contributed by atoms with Crippen LogP contribution in [0.1, 0.15) is 45.4 Å². The highest BCUT2D eigenvalue weighted by molar-refractivity contribution is 5.69. The molecule has 4 heteroatoms. The molecule has 0 saturated carbocycles. The number of carboxylic acids is 1. The number of hydrogen-bond donors (Lipinski definition) is 1. The summed E-state index contributed by atoms with van der Waals surface area (Å²) in [6.45, 7) is 2.36. The Kier molecular flexibility index (Phi) is 7.89. The molecule has 0 fully saturated rings. The Bertz CT molecular complexity index is 177. The van der Waals surface area contributed by atoms with Gasteiger partial charge >= 0.3 is 11.9 Å². The molecule has 1 N–H and O–H groups in total. The Hall–Kier alpha value is -1.06. The molecule has 0 unspecified atom stereocenters. The third-order valence-electron chi connectivity index (χ3n) is 1.78. The molecule has 14 heavy (non-hydrogen) atoms. The number of unbranched alkanes of at least 4 members (excludes halogenated alkanes) is 2. The SMILES string of the molecule is CCCCC(=O)OCCCCC(=O)O. The number of esters is 1. The van der Waals surface area contributed by atoms with E-state index in [4.69, 9.17) is 9.84 Å². The number of carbonyl (C=O) groups is 2. The summed E-state index contributed by atoms with van der Waals surface area (Å²) in [7, 11) is 0. The van der Waals surface area contributed by atoms with E-state index in [0.29, 0.717) is 25.9 Å². The summed E-state index contributed by atoms with van der Waals surface area (Å²) in [6, 6.07) is 0. The Balaban J connectivity index is 3.19. The number of carboxylic acid groups (broad SMARTS) is 1. The molecule has 0 aliphatic rings. The van der Waals surface area contributed by atoms with Crippen molar-refractivity contribution in [1.82, 2.24) is 0 Å². The first-order valence-electron chi connectivity index (χ1n) is 5.04. The average Bonchev–Trinajstić information content (AvgIpc) is 2.13. The third-order valence-corrected chi connectivity index (χ3v) is 1.78. The van der Waals surface area contributed by atoms with Crippen LogP contribution in [0.25, 0.3) is 0 Å². The van der Waals surface area contributed by atoms with Crippen LogP contribution in [0.3, 0.4) is 0 Å². The Labute approximate surface area is 84.3 Å². The first kappa shape index (κ1) is 12.9. The molecule has 0 saturated heterocycles. The maximum Gasteiger partial charge on any atom is 0.305 e. The molecule has 0 aromatic carbocycles. The molecule has 0 bridgehead atoms. The van der Waals surface area contributed by atoms with E-state index in [1.165, 1.54) is 0 Å². The standard InChI is InChI=1S/C10H18O4/c1-2-3-7-10(13)14-8-5-4-6-9(11)12/h2-8H2,1H3,(H,11,12). The lowest BCUT2D eigenvalue weighted by Gasteiger charge is -2.02. The zero-order chi connectivity index (χ0) is 10.8. The third kappa shape index (κ3) is 9.03. The van der Waals surface area contributed by atoms with Crippen LogP contribution in [0, 0.1) is 0 Å². The molecule has 0 aromatic rings. The van der Waals surface area contributed by atoms with Crippen molar-refractivity contribution in [2.45, 2.75) is 45.4 Å². The predicted octanol–water partition coefficient (Wildman–Crippen LogP) is 1.97. The Morgan fingerprint density at radius 1 is 1.14 bits per heavy atom. The molecule has 0 rings (SSSR count). The Morgan fingerprint density at radius 2 is 1.86 bits per heavy atom. The minimum absolute atomic E-state index is 0.145. The fourth-order valence-electron chi connectivity index (χ4n) is 0.958. The second kappa shape index (κ2) is 8.53. The van der Waals surface area contributed by atoms with Crippen molar-refractivity contribution in [3.8, 4) is 0 Å². The largest absolute Gasteiger partial charge is 0.481 e. The van der Waals surface area contributed by atoms with Gasteiger partial charge in [-0.2, -0.15) is 0 Å². The molecule has 0 atom stereocenters. The van der Waals surface area contributed by atoms with Gasteiger partial charge in [0.15, 0.2) is 0 Å². The van der Waals surface area contributed by atoms with Crippen LogP contribution in [0.5, 0.6) is 0 Å². The minimum Gasteiger partial charge on any atom is -0.481 e. The lowest BCUT2D eigenvalue weighted by atomic mass is 10.2. The van der Waals surface area contributed by atoms with Gasteiger partial charge in [0, 0.05) is 12.8 Å². The molecule has 0 aromatic heterocycles. The van der Waals surface area contributed by atoms with E-state index >= 15 is 0 Å². The second-order valence-electron chi connectivity index (χ2n) is 3.17. The number of rotatable bonds is 8. The van der Waals surface area contributed by atoms with Gasteiger partial charge in [-0.15, -0.1) is 0 Å². The van der Waals surface area contributed by atoms with Crippen LogP contribution in [0.15, 0.2) is 0 Å². The predicted molar refractivity (Wildman–Crippen MR) is 52.0 cm³/mol. The molecule has 0 radical (unpaired) electrons. The monoisotopic (exact) mass is 202 g/mol. The summed E-state index contributed by atoms with van der Waals surface area (Å²) in [5.41, 5.74) is 0. The highest BCUT2D eigenvalue weighted by Gasteiger charge is 2.01. The summed E-state index contributed by atoms with van der Waals surface area (Å²) < 4.78 is 4.89. The van der Waals surface area contributed by atoms with E-state index in [-0.39, 0.29) is 12.4 Å². The van der Waals surface area contributed by atoms with E-state index in [1.54, 1.807) is 0 Å². The summed E-state index contributed by atoms with van der Waals surface area (Å²) in [5, 5.41) is 8.33. The van der Waals surface area contributed by atoms with Crippen LogP contribution >= 0.6 is 0 Å². The molecule has 0 aliphatic heterocycles. The maximum absolute atomic E-state index is 11.0. The number of carbonyl (C=O) groups excluding carboxylic acids is 1. The van der Waals surface area contributed by atoms with Crippen molar-refractivity contribution in [2.75, 3.05) is 6.61 Å². The zero-order valence-electron chi connectivity index (χ0n) is 8.62. The molecular formula is C10H18O4. The van der Waals surface area contributed by atoms with Gasteiger partial charge in [0.05, 0.1) is 6.61 Å². The number of aliphatic carboxylic acids is 1. The molecule has 82 valence electrons. The van der Waals surface area contributed by atoms with Gasteiger partial charge in [-0.25, -0.2) is 0 Å². The van der Waals surface area contributed by atoms with E-state index in [2.05, 4.69) is 0 Å². The first-order valence-corrected chi connectivity index (χ1v) is 5.04. The van der Waals surface area contributed by atoms with Crippen LogP contribution in [-0.2, 0) is 14.3 Å². The summed E-state index contributed by atoms with van der Waals surface area (Å²) in [4.78, 5) is 21.1. The quantitative estimate of drug-likeness (QED) is 0.483. The first-order chi connectivity index (χ1) is 6.66. The van der Waals surface area contributed by atoms with Crippen molar-refractivity contribution in [3.05, 3.63) is 0 Å². The van der Waals surface area contributed by atoms with Gasteiger partial charge in [0.25, 0.3) is 0 Å². The molecule has 0 aliphatic carbocycles. The second-order valence-corrected chi connectivity index (χ2v) is 3.17. The van der Waals surface area contributed by atoms with Crippen LogP contribution in [0.4, 0.5) is 0 Å². The minimum atomic E-state index is -0.803. The maximum atomic E-state index is 11.0. The van der Waals surface area contributed by atoms with Crippen molar-refractivity contribution in [3.63, 3.8) is 0 Å².